The van der Waals surface area contributed by atoms with E-state index in [1.807, 2.05) is 39.0 Å². The zero-order valence-corrected chi connectivity index (χ0v) is 34.0. The van der Waals surface area contributed by atoms with Crippen LogP contribution in [0.2, 0.25) is 30.1 Å². The lowest BCUT2D eigenvalue weighted by Crippen LogP contribution is -2.49. The van der Waals surface area contributed by atoms with E-state index in [2.05, 4.69) is 26.6 Å². The Morgan fingerprint density at radius 3 is 2.28 bits per heavy atom. The molecule has 0 aromatic heterocycles. The van der Waals surface area contributed by atoms with E-state index in [9.17, 15) is 14.4 Å². The first kappa shape index (κ1) is 41.0. The van der Waals surface area contributed by atoms with Crippen molar-refractivity contribution in [2.45, 2.75) is 63.4 Å². The number of halogens is 6. The molecule has 282 valence electrons. The summed E-state index contributed by atoms with van der Waals surface area (Å²) < 4.78 is 11.0. The van der Waals surface area contributed by atoms with E-state index >= 15 is 0 Å². The van der Waals surface area contributed by atoms with Crippen molar-refractivity contribution in [2.75, 3.05) is 17.4 Å². The Kier molecular flexibility index (Phi) is 13.5. The van der Waals surface area contributed by atoms with Crippen molar-refractivity contribution in [3.05, 3.63) is 77.7 Å². The van der Waals surface area contributed by atoms with Gasteiger partial charge in [-0.2, -0.15) is 5.01 Å². The van der Waals surface area contributed by atoms with E-state index in [1.165, 1.54) is 18.2 Å². The van der Waals surface area contributed by atoms with Gasteiger partial charge in [-0.1, -0.05) is 118 Å². The summed E-state index contributed by atoms with van der Waals surface area (Å²) in [5.74, 6) is -0.892. The van der Waals surface area contributed by atoms with E-state index in [0.717, 1.165) is 27.9 Å². The van der Waals surface area contributed by atoms with Gasteiger partial charge in [0.15, 0.2) is 11.6 Å². The maximum absolute atomic E-state index is 14.3. The number of thioether (sulfide) groups is 1. The molecule has 53 heavy (non-hydrogen) atoms. The van der Waals surface area contributed by atoms with Crippen molar-refractivity contribution in [1.82, 2.24) is 16.0 Å². The molecule has 0 spiro atoms. The minimum absolute atomic E-state index is 0.0532. The number of methoxy groups -OCH3 is 1. The Hall–Kier alpha value is -3.21. The van der Waals surface area contributed by atoms with Crippen LogP contribution in [0.3, 0.4) is 0 Å². The second-order valence-corrected chi connectivity index (χ2v) is 15.1. The van der Waals surface area contributed by atoms with Crippen molar-refractivity contribution in [1.29, 1.82) is 0 Å². The third kappa shape index (κ3) is 8.70. The first-order valence-electron chi connectivity index (χ1n) is 15.9. The van der Waals surface area contributed by atoms with Gasteiger partial charge in [-0.15, -0.1) is 5.11 Å². The number of aliphatic imine (C=N–C) groups is 1. The molecular weight excluding hydrogens is 833 g/mol. The Labute approximate surface area is 339 Å². The quantitative estimate of drug-likeness (QED) is 0.0921. The van der Waals surface area contributed by atoms with Crippen LogP contribution in [-0.4, -0.2) is 58.6 Å². The van der Waals surface area contributed by atoms with E-state index in [0.29, 0.717) is 24.3 Å². The first-order chi connectivity index (χ1) is 25.2. The minimum Gasteiger partial charge on any atom is -0.480 e. The van der Waals surface area contributed by atoms with E-state index in [4.69, 9.17) is 84.1 Å². The highest BCUT2D eigenvalue weighted by Gasteiger charge is 2.46. The molecule has 13 nitrogen and oxygen atoms in total. The molecule has 3 aromatic carbocycles. The number of amides is 2. The highest BCUT2D eigenvalue weighted by molar-refractivity contribution is 8.02. The molecule has 2 aliphatic heterocycles. The normalized spacial score (nSPS) is 18.9. The molecule has 0 bridgehead atoms. The predicted octanol–water partition coefficient (Wildman–Crippen LogP) is 9.13. The summed E-state index contributed by atoms with van der Waals surface area (Å²) in [5, 5.41) is 11.8. The number of aryl methyl sites for hydroxylation is 2. The monoisotopic (exact) mass is 862 g/mol. The van der Waals surface area contributed by atoms with E-state index in [-0.39, 0.29) is 47.3 Å². The van der Waals surface area contributed by atoms with Gasteiger partial charge in [0, 0.05) is 5.69 Å². The largest absolute Gasteiger partial charge is 0.480 e. The summed E-state index contributed by atoms with van der Waals surface area (Å²) in [6, 6.07) is 9.61. The molecule has 0 aliphatic carbocycles. The maximum atomic E-state index is 14.3. The number of hydrogen-bond donors (Lipinski definition) is 3. The molecule has 5 rings (SSSR count). The molecule has 0 saturated carbocycles. The van der Waals surface area contributed by atoms with Crippen LogP contribution in [0.25, 0.3) is 0 Å². The summed E-state index contributed by atoms with van der Waals surface area (Å²) in [6.45, 7) is 7.51. The van der Waals surface area contributed by atoms with Crippen molar-refractivity contribution >= 4 is 122 Å². The molecule has 3 N–H and O–H groups in total. The van der Waals surface area contributed by atoms with Gasteiger partial charge in [-0.25, -0.2) is 15.5 Å². The zero-order chi connectivity index (χ0) is 38.7. The van der Waals surface area contributed by atoms with Gasteiger partial charge in [0.05, 0.1) is 42.9 Å². The number of ether oxygens (including phenoxy) is 2. The second kappa shape index (κ2) is 17.5. The van der Waals surface area contributed by atoms with Crippen LogP contribution in [0.5, 0.6) is 5.75 Å². The number of amidine groups is 1. The fourth-order valence-electron chi connectivity index (χ4n) is 5.34. The first-order valence-corrected chi connectivity index (χ1v) is 19.1. The molecule has 2 heterocycles. The molecular formula is C33H32Cl6N8O5S. The molecule has 2 amide bonds. The van der Waals surface area contributed by atoms with E-state index in [1.54, 1.807) is 19.1 Å². The number of nitrogens with one attached hydrogen (secondary N) is 3. The average Bonchev–Trinajstić information content (AvgIpc) is 3.71. The van der Waals surface area contributed by atoms with Gasteiger partial charge in [-0.05, 0) is 56.5 Å². The highest BCUT2D eigenvalue weighted by atomic mass is 35.5. The topological polar surface area (TPSA) is 149 Å². The lowest BCUT2D eigenvalue weighted by Gasteiger charge is -2.27. The van der Waals surface area contributed by atoms with E-state index < -0.39 is 40.7 Å². The molecule has 1 saturated heterocycles. The van der Waals surface area contributed by atoms with Gasteiger partial charge in [-0.3, -0.25) is 19.8 Å². The summed E-state index contributed by atoms with van der Waals surface area (Å²) in [4.78, 5) is 45.0. The van der Waals surface area contributed by atoms with Crippen LogP contribution in [0, 0.1) is 13.8 Å². The Morgan fingerprint density at radius 1 is 0.981 bits per heavy atom. The molecule has 4 atom stereocenters. The third-order valence-corrected chi connectivity index (χ3v) is 11.9. The van der Waals surface area contributed by atoms with Crippen molar-refractivity contribution in [3.63, 3.8) is 0 Å². The summed E-state index contributed by atoms with van der Waals surface area (Å²) in [5.41, 5.74) is 7.17. The number of rotatable bonds is 12. The Bertz CT molecular complexity index is 1980. The smallest absolute Gasteiger partial charge is 0.325 e. The number of benzene rings is 3. The number of anilines is 2. The minimum atomic E-state index is -1.15. The van der Waals surface area contributed by atoms with Gasteiger partial charge in [0.25, 0.3) is 11.8 Å². The Balaban J connectivity index is 1.50. The van der Waals surface area contributed by atoms with Gasteiger partial charge >= 0.3 is 5.97 Å². The summed E-state index contributed by atoms with van der Waals surface area (Å²) >= 11 is 39.7. The number of carbonyl (C=O) groups is 3. The third-order valence-electron chi connectivity index (χ3n) is 8.06. The molecule has 3 aromatic rings. The fraction of sp³-hybridized carbons (Fsp3) is 0.333. The number of carbonyl (C=O) groups excluding carboxylic acids is 3. The lowest BCUT2D eigenvalue weighted by atomic mass is 10.1. The van der Waals surface area contributed by atoms with Crippen LogP contribution in [-0.2, 0) is 19.1 Å². The van der Waals surface area contributed by atoms with Crippen LogP contribution in [0.15, 0.2) is 51.7 Å². The highest BCUT2D eigenvalue weighted by Crippen LogP contribution is 2.49. The number of esters is 1. The summed E-state index contributed by atoms with van der Waals surface area (Å²) in [7, 11) is 1.26. The number of hydrazine groups is 2. The molecule has 20 heteroatoms. The SMILES string of the molecule is CCC(Oc1ccc(C)cc1C)C(=O)Nc1ccc(Cl)c(N=C2NN(c3c(Cl)c(Cl)c(Cl)c(Cl)c3Cl)C(=O)C2SC2N=NNN2C(CC)C(=O)OC)c1. The summed E-state index contributed by atoms with van der Waals surface area (Å²) in [6.07, 6.45) is -0.0699. The van der Waals surface area contributed by atoms with Crippen molar-refractivity contribution in [2.24, 2.45) is 15.3 Å². The lowest BCUT2D eigenvalue weighted by molar-refractivity contribution is -0.148. The zero-order valence-electron chi connectivity index (χ0n) is 28.6. The predicted molar refractivity (Wildman–Crippen MR) is 211 cm³/mol. The van der Waals surface area contributed by atoms with Crippen molar-refractivity contribution < 1.29 is 23.9 Å². The second-order valence-electron chi connectivity index (χ2n) is 11.7. The Morgan fingerprint density at radius 2 is 1.66 bits per heavy atom. The molecule has 0 radical (unpaired) electrons. The van der Waals surface area contributed by atoms with Gasteiger partial charge in [0.1, 0.15) is 28.6 Å². The fourth-order valence-corrected chi connectivity index (χ4v) is 7.93. The van der Waals surface area contributed by atoms with Gasteiger partial charge in [0.2, 0.25) is 0 Å². The number of nitrogens with zero attached hydrogens (tertiary/aromatic N) is 5. The standard InChI is InChI=1S/C33H32Cl6N8O5S/c1-6-19(32(50)51-5)46-33(42-44-45-46)53-28-29(43-47(31(28)49)27-25(38)23(36)22(35)24(37)26(27)39)41-18-13-16(9-10-17(18)34)40-30(48)20(7-2)52-21-11-8-14(3)12-15(21)4/h8-13,19-20,28,33H,6-7H2,1-5H3,(H,40,48)(H,41,43)(H,42,45). The van der Waals surface area contributed by atoms with Crippen molar-refractivity contribution in [3.8, 4) is 5.75 Å². The van der Waals surface area contributed by atoms with Gasteiger partial charge < -0.3 is 14.8 Å². The van der Waals surface area contributed by atoms with Crippen LogP contribution in [0.1, 0.15) is 37.8 Å². The molecule has 2 aliphatic rings. The maximum Gasteiger partial charge on any atom is 0.325 e. The van der Waals surface area contributed by atoms with Crippen LogP contribution < -0.4 is 26.0 Å². The molecule has 1 fully saturated rings. The molecule has 4 unspecified atom stereocenters. The number of hydrogen-bond acceptors (Lipinski definition) is 11. The average molecular weight is 865 g/mol. The van der Waals surface area contributed by atoms with Crippen LogP contribution >= 0.6 is 81.4 Å². The van der Waals surface area contributed by atoms with Crippen LogP contribution in [0.4, 0.5) is 17.1 Å².